The Morgan fingerprint density at radius 1 is 1.41 bits per heavy atom. The summed E-state index contributed by atoms with van der Waals surface area (Å²) in [6.45, 7) is 11.7. The molecule has 1 amide bonds. The zero-order chi connectivity index (χ0) is 13.1. The second-order valence-corrected chi connectivity index (χ2v) is 6.22. The van der Waals surface area contributed by atoms with E-state index in [9.17, 15) is 4.79 Å². The van der Waals surface area contributed by atoms with Crippen molar-refractivity contribution >= 4 is 5.91 Å². The topological polar surface area (TPSA) is 50.4 Å². The van der Waals surface area contributed by atoms with Crippen molar-refractivity contribution in [1.82, 2.24) is 10.6 Å². The van der Waals surface area contributed by atoms with Crippen molar-refractivity contribution in [3.05, 3.63) is 0 Å². The Morgan fingerprint density at radius 3 is 2.53 bits per heavy atom. The molecule has 0 saturated carbocycles. The molecular weight excluding hydrogens is 216 g/mol. The Kier molecular flexibility index (Phi) is 4.95. The molecular formula is C13H26N2O2. The van der Waals surface area contributed by atoms with E-state index in [-0.39, 0.29) is 23.6 Å². The molecule has 1 rings (SSSR count). The maximum Gasteiger partial charge on any atom is 0.237 e. The normalized spacial score (nSPS) is 26.1. The minimum absolute atomic E-state index is 0.0408. The first kappa shape index (κ1) is 14.5. The number of rotatable bonds is 4. The average molecular weight is 242 g/mol. The number of nitrogens with one attached hydrogen (secondary N) is 2. The van der Waals surface area contributed by atoms with E-state index in [0.29, 0.717) is 12.5 Å². The van der Waals surface area contributed by atoms with Gasteiger partial charge in [0, 0.05) is 6.54 Å². The van der Waals surface area contributed by atoms with Gasteiger partial charge in [-0.15, -0.1) is 0 Å². The SMILES string of the molecule is CC(C)C[C@H]1NC[C@H](COC(C)(C)C)NC1=O. The molecule has 1 saturated heterocycles. The fourth-order valence-electron chi connectivity index (χ4n) is 1.84. The van der Waals surface area contributed by atoms with Gasteiger partial charge >= 0.3 is 0 Å². The van der Waals surface area contributed by atoms with E-state index in [1.54, 1.807) is 0 Å². The first-order valence-corrected chi connectivity index (χ1v) is 6.45. The van der Waals surface area contributed by atoms with Crippen molar-refractivity contribution in [3.8, 4) is 0 Å². The summed E-state index contributed by atoms with van der Waals surface area (Å²) in [6.07, 6.45) is 0.888. The number of piperazine rings is 1. The number of carbonyl (C=O) groups excluding carboxylic acids is 1. The van der Waals surface area contributed by atoms with Gasteiger partial charge in [-0.25, -0.2) is 0 Å². The van der Waals surface area contributed by atoms with Crippen LogP contribution in [0.4, 0.5) is 0 Å². The molecule has 0 unspecified atom stereocenters. The van der Waals surface area contributed by atoms with E-state index in [2.05, 4.69) is 24.5 Å². The van der Waals surface area contributed by atoms with Crippen LogP contribution in [0.1, 0.15) is 41.0 Å². The first-order valence-electron chi connectivity index (χ1n) is 6.45. The molecule has 4 heteroatoms. The first-order chi connectivity index (χ1) is 7.78. The Balaban J connectivity index is 2.34. The van der Waals surface area contributed by atoms with E-state index in [1.165, 1.54) is 0 Å². The highest BCUT2D eigenvalue weighted by Crippen LogP contribution is 2.10. The molecule has 1 heterocycles. The minimum Gasteiger partial charge on any atom is -0.374 e. The molecule has 2 atom stereocenters. The predicted molar refractivity (Wildman–Crippen MR) is 68.9 cm³/mol. The summed E-state index contributed by atoms with van der Waals surface area (Å²) >= 11 is 0. The van der Waals surface area contributed by atoms with Crippen LogP contribution in [0.15, 0.2) is 0 Å². The number of hydrogen-bond acceptors (Lipinski definition) is 3. The summed E-state index contributed by atoms with van der Waals surface area (Å²) < 4.78 is 5.68. The summed E-state index contributed by atoms with van der Waals surface area (Å²) in [5.74, 6) is 0.632. The number of amides is 1. The maximum absolute atomic E-state index is 11.8. The zero-order valence-electron chi connectivity index (χ0n) is 11.7. The summed E-state index contributed by atoms with van der Waals surface area (Å²) in [5, 5.41) is 6.31. The molecule has 17 heavy (non-hydrogen) atoms. The van der Waals surface area contributed by atoms with Gasteiger partial charge < -0.3 is 15.4 Å². The molecule has 1 aliphatic heterocycles. The van der Waals surface area contributed by atoms with Gasteiger partial charge in [0.15, 0.2) is 0 Å². The predicted octanol–water partition coefficient (Wildman–Crippen LogP) is 1.30. The van der Waals surface area contributed by atoms with Crippen molar-refractivity contribution in [2.24, 2.45) is 5.92 Å². The van der Waals surface area contributed by atoms with Crippen molar-refractivity contribution in [2.45, 2.75) is 58.7 Å². The van der Waals surface area contributed by atoms with E-state index in [0.717, 1.165) is 13.0 Å². The third-order valence-corrected chi connectivity index (χ3v) is 2.70. The van der Waals surface area contributed by atoms with Crippen molar-refractivity contribution in [1.29, 1.82) is 0 Å². The highest BCUT2D eigenvalue weighted by molar-refractivity contribution is 5.82. The fraction of sp³-hybridized carbons (Fsp3) is 0.923. The highest BCUT2D eigenvalue weighted by atomic mass is 16.5. The quantitative estimate of drug-likeness (QED) is 0.781. The van der Waals surface area contributed by atoms with E-state index >= 15 is 0 Å². The number of hydrogen-bond donors (Lipinski definition) is 2. The monoisotopic (exact) mass is 242 g/mol. The molecule has 0 aliphatic carbocycles. The van der Waals surface area contributed by atoms with Crippen LogP contribution in [0.25, 0.3) is 0 Å². The largest absolute Gasteiger partial charge is 0.374 e. The minimum atomic E-state index is -0.153. The van der Waals surface area contributed by atoms with Gasteiger partial charge in [0.25, 0.3) is 0 Å². The molecule has 0 aromatic rings. The molecule has 4 nitrogen and oxygen atoms in total. The molecule has 0 aromatic carbocycles. The van der Waals surface area contributed by atoms with Crippen molar-refractivity contribution in [2.75, 3.05) is 13.2 Å². The molecule has 0 bridgehead atoms. The van der Waals surface area contributed by atoms with Crippen LogP contribution in [0, 0.1) is 5.92 Å². The van der Waals surface area contributed by atoms with Gasteiger partial charge in [0.1, 0.15) is 0 Å². The van der Waals surface area contributed by atoms with Crippen molar-refractivity contribution in [3.63, 3.8) is 0 Å². The molecule has 0 spiro atoms. The maximum atomic E-state index is 11.8. The summed E-state index contributed by atoms with van der Waals surface area (Å²) in [4.78, 5) is 11.8. The third-order valence-electron chi connectivity index (χ3n) is 2.70. The van der Waals surface area contributed by atoms with E-state index in [4.69, 9.17) is 4.74 Å². The lowest BCUT2D eigenvalue weighted by molar-refractivity contribution is -0.127. The number of carbonyl (C=O) groups is 1. The zero-order valence-corrected chi connectivity index (χ0v) is 11.7. The van der Waals surface area contributed by atoms with Crippen LogP contribution in [-0.2, 0) is 9.53 Å². The van der Waals surface area contributed by atoms with Crippen LogP contribution >= 0.6 is 0 Å². The van der Waals surface area contributed by atoms with Crippen LogP contribution in [-0.4, -0.2) is 36.7 Å². The van der Waals surface area contributed by atoms with Gasteiger partial charge in [0.2, 0.25) is 5.91 Å². The van der Waals surface area contributed by atoms with Crippen LogP contribution < -0.4 is 10.6 Å². The molecule has 1 aliphatic rings. The Labute approximate surface area is 104 Å². The Bertz CT molecular complexity index is 259. The molecule has 1 fully saturated rings. The lowest BCUT2D eigenvalue weighted by atomic mass is 10.0. The Hall–Kier alpha value is -0.610. The average Bonchev–Trinajstić information content (AvgIpc) is 2.17. The van der Waals surface area contributed by atoms with Crippen molar-refractivity contribution < 1.29 is 9.53 Å². The summed E-state index contributed by atoms with van der Waals surface area (Å²) in [7, 11) is 0. The van der Waals surface area contributed by atoms with Gasteiger partial charge in [0.05, 0.1) is 24.3 Å². The number of ether oxygens (including phenoxy) is 1. The Morgan fingerprint density at radius 2 is 2.06 bits per heavy atom. The highest BCUT2D eigenvalue weighted by Gasteiger charge is 2.28. The van der Waals surface area contributed by atoms with E-state index < -0.39 is 0 Å². The third kappa shape index (κ3) is 5.50. The molecule has 2 N–H and O–H groups in total. The smallest absolute Gasteiger partial charge is 0.237 e. The fourth-order valence-corrected chi connectivity index (χ4v) is 1.84. The van der Waals surface area contributed by atoms with Gasteiger partial charge in [-0.05, 0) is 33.1 Å². The lowest BCUT2D eigenvalue weighted by Gasteiger charge is -2.32. The molecule has 100 valence electrons. The second-order valence-electron chi connectivity index (χ2n) is 6.22. The van der Waals surface area contributed by atoms with Crippen LogP contribution in [0.3, 0.4) is 0 Å². The van der Waals surface area contributed by atoms with Gasteiger partial charge in [-0.1, -0.05) is 13.8 Å². The van der Waals surface area contributed by atoms with Crippen LogP contribution in [0.5, 0.6) is 0 Å². The summed E-state index contributed by atoms with van der Waals surface area (Å²) in [6, 6.07) is 0.0472. The lowest BCUT2D eigenvalue weighted by Crippen LogP contribution is -2.60. The second kappa shape index (κ2) is 5.83. The summed E-state index contributed by atoms with van der Waals surface area (Å²) in [5.41, 5.74) is -0.153. The van der Waals surface area contributed by atoms with E-state index in [1.807, 2.05) is 20.8 Å². The van der Waals surface area contributed by atoms with Crippen LogP contribution in [0.2, 0.25) is 0 Å². The molecule has 0 aromatic heterocycles. The van der Waals surface area contributed by atoms with Gasteiger partial charge in [-0.3, -0.25) is 4.79 Å². The van der Waals surface area contributed by atoms with Gasteiger partial charge in [-0.2, -0.15) is 0 Å². The molecule has 0 radical (unpaired) electrons. The standard InChI is InChI=1S/C13H26N2O2/c1-9(2)6-11-12(16)15-10(7-14-11)8-17-13(3,4)5/h9-11,14H,6-8H2,1-5H3,(H,15,16)/t10-,11-/m1/s1.